The van der Waals surface area contributed by atoms with Crippen molar-refractivity contribution in [3.63, 3.8) is 0 Å². The monoisotopic (exact) mass is 321 g/mol. The Morgan fingerprint density at radius 3 is 2.91 bits per heavy atom. The predicted molar refractivity (Wildman–Crippen MR) is 90.0 cm³/mol. The van der Waals surface area contributed by atoms with Crippen LogP contribution in [0.5, 0.6) is 0 Å². The smallest absolute Gasteiger partial charge is 0.227 e. The average Bonchev–Trinajstić information content (AvgIpc) is 2.55. The third-order valence-electron chi connectivity index (χ3n) is 4.35. The van der Waals surface area contributed by atoms with Crippen molar-refractivity contribution in [1.82, 2.24) is 14.9 Å². The molecule has 1 aromatic rings. The van der Waals surface area contributed by atoms with Gasteiger partial charge in [0.15, 0.2) is 0 Å². The number of morpholine rings is 1. The molecule has 0 radical (unpaired) electrons. The molecule has 7 nitrogen and oxygen atoms in total. The maximum Gasteiger partial charge on any atom is 0.227 e. The van der Waals surface area contributed by atoms with E-state index in [2.05, 4.69) is 25.1 Å². The average molecular weight is 321 g/mol. The number of β-amino-alcohol motifs (C(OH)–C–C–N with tert-alkyl or cyclic N) is 1. The van der Waals surface area contributed by atoms with Crippen LogP contribution in [0.4, 0.5) is 11.8 Å². The highest BCUT2D eigenvalue weighted by atomic mass is 16.5. The summed E-state index contributed by atoms with van der Waals surface area (Å²) in [4.78, 5) is 13.6. The SMILES string of the molecule is Cc1cc(NCCN2CCC[C@@H](O)C2)nc(N2CCOCC2)n1. The van der Waals surface area contributed by atoms with Crippen LogP contribution >= 0.6 is 0 Å². The maximum atomic E-state index is 9.71. The number of aliphatic hydroxyl groups is 1. The summed E-state index contributed by atoms with van der Waals surface area (Å²) in [5.41, 5.74) is 0.970. The first-order chi connectivity index (χ1) is 11.2. The first kappa shape index (κ1) is 16.4. The Hall–Kier alpha value is -1.44. The Kier molecular flexibility index (Phi) is 5.64. The number of hydrogen-bond donors (Lipinski definition) is 2. The zero-order valence-electron chi connectivity index (χ0n) is 13.9. The maximum absolute atomic E-state index is 9.71. The van der Waals surface area contributed by atoms with Gasteiger partial charge >= 0.3 is 0 Å². The van der Waals surface area contributed by atoms with E-state index in [9.17, 15) is 5.11 Å². The van der Waals surface area contributed by atoms with Gasteiger partial charge in [0.25, 0.3) is 0 Å². The largest absolute Gasteiger partial charge is 0.392 e. The normalized spacial score (nSPS) is 23.0. The van der Waals surface area contributed by atoms with Gasteiger partial charge in [0.05, 0.1) is 19.3 Å². The van der Waals surface area contributed by atoms with E-state index in [1.807, 2.05) is 13.0 Å². The summed E-state index contributed by atoms with van der Waals surface area (Å²) in [7, 11) is 0. The molecule has 1 atom stereocenters. The molecule has 0 spiro atoms. The molecule has 1 aromatic heterocycles. The van der Waals surface area contributed by atoms with Gasteiger partial charge in [0, 0.05) is 44.5 Å². The van der Waals surface area contributed by atoms with E-state index in [0.717, 1.165) is 82.8 Å². The van der Waals surface area contributed by atoms with Crippen LogP contribution in [0.25, 0.3) is 0 Å². The lowest BCUT2D eigenvalue weighted by atomic mass is 10.1. The van der Waals surface area contributed by atoms with Crippen LogP contribution < -0.4 is 10.2 Å². The minimum Gasteiger partial charge on any atom is -0.392 e. The first-order valence-electron chi connectivity index (χ1n) is 8.53. The Morgan fingerprint density at radius 1 is 1.30 bits per heavy atom. The van der Waals surface area contributed by atoms with Gasteiger partial charge in [-0.2, -0.15) is 4.98 Å². The van der Waals surface area contributed by atoms with E-state index in [-0.39, 0.29) is 6.10 Å². The number of likely N-dealkylation sites (tertiary alicyclic amines) is 1. The summed E-state index contributed by atoms with van der Waals surface area (Å²) in [6, 6.07) is 1.98. The zero-order chi connectivity index (χ0) is 16.1. The molecule has 2 aliphatic heterocycles. The molecule has 2 N–H and O–H groups in total. The van der Waals surface area contributed by atoms with Crippen molar-refractivity contribution in [3.8, 4) is 0 Å². The minimum absolute atomic E-state index is 0.169. The van der Waals surface area contributed by atoms with Crippen LogP contribution in [0.15, 0.2) is 6.07 Å². The molecule has 0 aliphatic carbocycles. The molecule has 0 amide bonds. The molecule has 2 saturated heterocycles. The van der Waals surface area contributed by atoms with Crippen molar-refractivity contribution in [1.29, 1.82) is 0 Å². The topological polar surface area (TPSA) is 73.8 Å². The van der Waals surface area contributed by atoms with Crippen molar-refractivity contribution < 1.29 is 9.84 Å². The van der Waals surface area contributed by atoms with Crippen molar-refractivity contribution in [3.05, 3.63) is 11.8 Å². The molecule has 0 bridgehead atoms. The Bertz CT molecular complexity index is 507. The highest BCUT2D eigenvalue weighted by Gasteiger charge is 2.17. The molecule has 2 fully saturated rings. The van der Waals surface area contributed by atoms with Gasteiger partial charge in [-0.1, -0.05) is 0 Å². The van der Waals surface area contributed by atoms with Crippen LogP contribution in [0.2, 0.25) is 0 Å². The van der Waals surface area contributed by atoms with Crippen molar-refractivity contribution in [2.45, 2.75) is 25.9 Å². The number of nitrogens with zero attached hydrogens (tertiary/aromatic N) is 4. The molecule has 0 saturated carbocycles. The van der Waals surface area contributed by atoms with Gasteiger partial charge in [-0.15, -0.1) is 0 Å². The fourth-order valence-corrected chi connectivity index (χ4v) is 3.12. The van der Waals surface area contributed by atoms with E-state index >= 15 is 0 Å². The second-order valence-corrected chi connectivity index (χ2v) is 6.32. The van der Waals surface area contributed by atoms with E-state index < -0.39 is 0 Å². The summed E-state index contributed by atoms with van der Waals surface area (Å²) >= 11 is 0. The molecular formula is C16H27N5O2. The van der Waals surface area contributed by atoms with Gasteiger partial charge in [-0.3, -0.25) is 4.90 Å². The lowest BCUT2D eigenvalue weighted by Crippen LogP contribution is -2.40. The molecule has 128 valence electrons. The molecule has 23 heavy (non-hydrogen) atoms. The van der Waals surface area contributed by atoms with Crippen molar-refractivity contribution >= 4 is 11.8 Å². The molecule has 7 heteroatoms. The Labute approximate surface area is 137 Å². The standard InChI is InChI=1S/C16H27N5O2/c1-13-11-15(17-4-6-20-5-2-3-14(22)12-20)19-16(18-13)21-7-9-23-10-8-21/h11,14,22H,2-10,12H2,1H3,(H,17,18,19)/t14-/m1/s1. The highest BCUT2D eigenvalue weighted by molar-refractivity contribution is 5.43. The Morgan fingerprint density at radius 2 is 2.13 bits per heavy atom. The predicted octanol–water partition coefficient (Wildman–Crippen LogP) is 0.490. The van der Waals surface area contributed by atoms with E-state index in [1.54, 1.807) is 0 Å². The van der Waals surface area contributed by atoms with Crippen LogP contribution in [-0.2, 0) is 4.74 Å². The van der Waals surface area contributed by atoms with Crippen LogP contribution in [-0.4, -0.2) is 78.6 Å². The minimum atomic E-state index is -0.169. The molecule has 2 aliphatic rings. The number of aromatic nitrogens is 2. The summed E-state index contributed by atoms with van der Waals surface area (Å²) in [5.74, 6) is 1.65. The number of rotatable bonds is 5. The summed E-state index contributed by atoms with van der Waals surface area (Å²) in [6.07, 6.45) is 1.84. The number of nitrogens with one attached hydrogen (secondary N) is 1. The molecule has 3 rings (SSSR count). The van der Waals surface area contributed by atoms with Crippen molar-refractivity contribution in [2.75, 3.05) is 62.7 Å². The molecular weight excluding hydrogens is 294 g/mol. The van der Waals surface area contributed by atoms with Crippen LogP contribution in [0.3, 0.4) is 0 Å². The molecule has 0 unspecified atom stereocenters. The Balaban J connectivity index is 1.53. The second-order valence-electron chi connectivity index (χ2n) is 6.32. The number of aliphatic hydroxyl groups excluding tert-OH is 1. The van der Waals surface area contributed by atoms with Gasteiger partial charge in [0.1, 0.15) is 5.82 Å². The number of piperidine rings is 1. The summed E-state index contributed by atoms with van der Waals surface area (Å²) in [5, 5.41) is 13.1. The third kappa shape index (κ3) is 4.76. The van der Waals surface area contributed by atoms with E-state index in [0.29, 0.717) is 0 Å². The van der Waals surface area contributed by atoms with Crippen LogP contribution in [0, 0.1) is 6.92 Å². The third-order valence-corrected chi connectivity index (χ3v) is 4.35. The summed E-state index contributed by atoms with van der Waals surface area (Å²) < 4.78 is 5.38. The summed E-state index contributed by atoms with van der Waals surface area (Å²) in [6.45, 7) is 8.75. The zero-order valence-corrected chi connectivity index (χ0v) is 13.9. The van der Waals surface area contributed by atoms with Gasteiger partial charge in [-0.05, 0) is 26.3 Å². The van der Waals surface area contributed by atoms with Gasteiger partial charge in [-0.25, -0.2) is 4.98 Å². The lowest BCUT2D eigenvalue weighted by molar-refractivity contribution is 0.0730. The van der Waals surface area contributed by atoms with Gasteiger partial charge < -0.3 is 20.1 Å². The molecule has 0 aromatic carbocycles. The van der Waals surface area contributed by atoms with E-state index in [1.165, 1.54) is 0 Å². The molecule has 3 heterocycles. The fraction of sp³-hybridized carbons (Fsp3) is 0.750. The van der Waals surface area contributed by atoms with Crippen LogP contribution in [0.1, 0.15) is 18.5 Å². The first-order valence-corrected chi connectivity index (χ1v) is 8.53. The van der Waals surface area contributed by atoms with Gasteiger partial charge in [0.2, 0.25) is 5.95 Å². The van der Waals surface area contributed by atoms with Crippen molar-refractivity contribution in [2.24, 2.45) is 0 Å². The number of anilines is 2. The second kappa shape index (κ2) is 7.90. The number of aryl methyl sites for hydroxylation is 1. The highest BCUT2D eigenvalue weighted by Crippen LogP contribution is 2.15. The van der Waals surface area contributed by atoms with E-state index in [4.69, 9.17) is 4.74 Å². The lowest BCUT2D eigenvalue weighted by Gasteiger charge is -2.30. The fourth-order valence-electron chi connectivity index (χ4n) is 3.12. The number of hydrogen-bond acceptors (Lipinski definition) is 7. The number of ether oxygens (including phenoxy) is 1. The quantitative estimate of drug-likeness (QED) is 0.817.